The van der Waals surface area contributed by atoms with E-state index in [1.54, 1.807) is 41.4 Å². The summed E-state index contributed by atoms with van der Waals surface area (Å²) in [5, 5.41) is 5.02. The molecule has 1 aliphatic heterocycles. The Hall–Kier alpha value is -3.22. The monoisotopic (exact) mass is 338 g/mol. The molecule has 7 nitrogen and oxygen atoms in total. The molecule has 2 N–H and O–H groups in total. The van der Waals surface area contributed by atoms with Crippen LogP contribution in [-0.4, -0.2) is 29.3 Å². The molecule has 1 fully saturated rings. The summed E-state index contributed by atoms with van der Waals surface area (Å²) in [6.45, 7) is 0.664. The van der Waals surface area contributed by atoms with E-state index in [0.29, 0.717) is 24.3 Å². The second-order valence-electron chi connectivity index (χ2n) is 5.70. The van der Waals surface area contributed by atoms with Crippen molar-refractivity contribution in [1.82, 2.24) is 4.98 Å². The van der Waals surface area contributed by atoms with Crippen LogP contribution in [0.2, 0.25) is 0 Å². The topological polar surface area (TPSA) is 91.4 Å². The van der Waals surface area contributed by atoms with Crippen molar-refractivity contribution < 1.29 is 14.4 Å². The van der Waals surface area contributed by atoms with Gasteiger partial charge in [0.1, 0.15) is 0 Å². The SMILES string of the molecule is O=C(Nc1cccnc1)C(=O)Nc1cccc(N2CCCCC2=O)c1. The number of amides is 3. The van der Waals surface area contributed by atoms with Crippen LogP contribution in [0.15, 0.2) is 48.8 Å². The van der Waals surface area contributed by atoms with Crippen molar-refractivity contribution in [3.05, 3.63) is 48.8 Å². The van der Waals surface area contributed by atoms with E-state index in [1.807, 2.05) is 6.07 Å². The fourth-order valence-corrected chi connectivity index (χ4v) is 2.64. The lowest BCUT2D eigenvalue weighted by molar-refractivity contribution is -0.133. The van der Waals surface area contributed by atoms with E-state index >= 15 is 0 Å². The van der Waals surface area contributed by atoms with Gasteiger partial charge in [0.25, 0.3) is 0 Å². The number of pyridine rings is 1. The minimum Gasteiger partial charge on any atom is -0.318 e. The fraction of sp³-hybridized carbons (Fsp3) is 0.222. The largest absolute Gasteiger partial charge is 0.318 e. The summed E-state index contributed by atoms with van der Waals surface area (Å²) < 4.78 is 0. The highest BCUT2D eigenvalue weighted by atomic mass is 16.2. The molecule has 1 aliphatic rings. The van der Waals surface area contributed by atoms with Crippen LogP contribution in [0.4, 0.5) is 17.1 Å². The van der Waals surface area contributed by atoms with Crippen molar-refractivity contribution in [3.8, 4) is 0 Å². The van der Waals surface area contributed by atoms with Gasteiger partial charge in [-0.05, 0) is 43.2 Å². The molecule has 2 heterocycles. The Kier molecular flexibility index (Phi) is 5.03. The molecule has 3 amide bonds. The highest BCUT2D eigenvalue weighted by Crippen LogP contribution is 2.23. The molecule has 0 bridgehead atoms. The zero-order valence-electron chi connectivity index (χ0n) is 13.6. The Balaban J connectivity index is 1.66. The van der Waals surface area contributed by atoms with E-state index < -0.39 is 11.8 Å². The molecule has 25 heavy (non-hydrogen) atoms. The van der Waals surface area contributed by atoms with Gasteiger partial charge in [0.15, 0.2) is 0 Å². The van der Waals surface area contributed by atoms with Crippen molar-refractivity contribution in [2.45, 2.75) is 19.3 Å². The molecule has 3 rings (SSSR count). The van der Waals surface area contributed by atoms with Crippen LogP contribution in [0.1, 0.15) is 19.3 Å². The Morgan fingerprint density at radius 3 is 2.48 bits per heavy atom. The van der Waals surface area contributed by atoms with Crippen LogP contribution in [-0.2, 0) is 14.4 Å². The zero-order valence-corrected chi connectivity index (χ0v) is 13.6. The first-order valence-corrected chi connectivity index (χ1v) is 8.06. The number of nitrogens with zero attached hydrogens (tertiary/aromatic N) is 2. The van der Waals surface area contributed by atoms with Gasteiger partial charge in [-0.15, -0.1) is 0 Å². The van der Waals surface area contributed by atoms with Gasteiger partial charge >= 0.3 is 11.8 Å². The summed E-state index contributed by atoms with van der Waals surface area (Å²) >= 11 is 0. The van der Waals surface area contributed by atoms with E-state index in [1.165, 1.54) is 6.20 Å². The third-order valence-corrected chi connectivity index (χ3v) is 3.86. The van der Waals surface area contributed by atoms with Crippen LogP contribution < -0.4 is 15.5 Å². The zero-order chi connectivity index (χ0) is 17.6. The predicted octanol–water partition coefficient (Wildman–Crippen LogP) is 2.18. The number of nitrogens with one attached hydrogen (secondary N) is 2. The van der Waals surface area contributed by atoms with Crippen molar-refractivity contribution >= 4 is 34.8 Å². The number of aromatic nitrogens is 1. The normalized spacial score (nSPS) is 14.1. The first-order chi connectivity index (χ1) is 12.1. The third kappa shape index (κ3) is 4.20. The van der Waals surface area contributed by atoms with Crippen LogP contribution in [0.25, 0.3) is 0 Å². The molecule has 7 heteroatoms. The standard InChI is InChI=1S/C18H18N4O3/c23-16-8-1-2-10-22(16)15-7-3-5-13(11-15)20-17(24)18(25)21-14-6-4-9-19-12-14/h3-7,9,11-12H,1-2,8,10H2,(H,20,24)(H,21,25). The van der Waals surface area contributed by atoms with Gasteiger partial charge in [0.2, 0.25) is 5.91 Å². The number of anilines is 3. The maximum Gasteiger partial charge on any atom is 0.314 e. The minimum atomic E-state index is -0.786. The molecular weight excluding hydrogens is 320 g/mol. The quantitative estimate of drug-likeness (QED) is 0.839. The third-order valence-electron chi connectivity index (χ3n) is 3.86. The van der Waals surface area contributed by atoms with E-state index in [-0.39, 0.29) is 5.91 Å². The average molecular weight is 338 g/mol. The second kappa shape index (κ2) is 7.57. The smallest absolute Gasteiger partial charge is 0.314 e. The fourth-order valence-electron chi connectivity index (χ4n) is 2.64. The highest BCUT2D eigenvalue weighted by molar-refractivity contribution is 6.43. The first-order valence-electron chi connectivity index (χ1n) is 8.06. The van der Waals surface area contributed by atoms with Gasteiger partial charge in [0, 0.05) is 30.5 Å². The van der Waals surface area contributed by atoms with Crippen LogP contribution >= 0.6 is 0 Å². The van der Waals surface area contributed by atoms with Crippen LogP contribution in [0.5, 0.6) is 0 Å². The lowest BCUT2D eigenvalue weighted by atomic mass is 10.1. The van der Waals surface area contributed by atoms with Crippen LogP contribution in [0, 0.1) is 0 Å². The van der Waals surface area contributed by atoms with Gasteiger partial charge in [-0.1, -0.05) is 6.07 Å². The van der Waals surface area contributed by atoms with Crippen molar-refractivity contribution in [1.29, 1.82) is 0 Å². The molecule has 0 atom stereocenters. The maximum absolute atomic E-state index is 12.0. The van der Waals surface area contributed by atoms with Gasteiger partial charge in [-0.2, -0.15) is 0 Å². The molecule has 0 unspecified atom stereocenters. The Morgan fingerprint density at radius 1 is 1.00 bits per heavy atom. The van der Waals surface area contributed by atoms with Gasteiger partial charge in [0.05, 0.1) is 11.9 Å². The summed E-state index contributed by atoms with van der Waals surface area (Å²) in [7, 11) is 0. The minimum absolute atomic E-state index is 0.0732. The number of benzene rings is 1. The lowest BCUT2D eigenvalue weighted by Gasteiger charge is -2.27. The molecular formula is C18H18N4O3. The van der Waals surface area contributed by atoms with Crippen molar-refractivity contribution in [2.75, 3.05) is 22.1 Å². The molecule has 1 aromatic heterocycles. The number of hydrogen-bond acceptors (Lipinski definition) is 4. The number of carbonyl (C=O) groups excluding carboxylic acids is 3. The predicted molar refractivity (Wildman–Crippen MR) is 94.1 cm³/mol. The Labute approximate surface area is 145 Å². The molecule has 128 valence electrons. The molecule has 1 saturated heterocycles. The molecule has 0 spiro atoms. The summed E-state index contributed by atoms with van der Waals surface area (Å²) in [5.74, 6) is -1.50. The molecule has 0 saturated carbocycles. The van der Waals surface area contributed by atoms with Gasteiger partial charge in [-0.25, -0.2) is 0 Å². The van der Waals surface area contributed by atoms with E-state index in [2.05, 4.69) is 15.6 Å². The van der Waals surface area contributed by atoms with Crippen molar-refractivity contribution in [3.63, 3.8) is 0 Å². The number of hydrogen-bond donors (Lipinski definition) is 2. The summed E-state index contributed by atoms with van der Waals surface area (Å²) in [4.78, 5) is 41.6. The molecule has 1 aromatic carbocycles. The summed E-state index contributed by atoms with van der Waals surface area (Å²) in [6, 6.07) is 10.2. The van der Waals surface area contributed by atoms with E-state index in [9.17, 15) is 14.4 Å². The van der Waals surface area contributed by atoms with Crippen molar-refractivity contribution in [2.24, 2.45) is 0 Å². The first kappa shape index (κ1) is 16.6. The Morgan fingerprint density at radius 2 is 1.76 bits per heavy atom. The van der Waals surface area contributed by atoms with E-state index in [0.717, 1.165) is 18.5 Å². The number of rotatable bonds is 3. The van der Waals surface area contributed by atoms with Crippen LogP contribution in [0.3, 0.4) is 0 Å². The summed E-state index contributed by atoms with van der Waals surface area (Å²) in [5.41, 5.74) is 1.62. The summed E-state index contributed by atoms with van der Waals surface area (Å²) in [6.07, 6.45) is 5.41. The number of carbonyl (C=O) groups is 3. The maximum atomic E-state index is 12.0. The molecule has 0 aliphatic carbocycles. The molecule has 0 radical (unpaired) electrons. The average Bonchev–Trinajstić information content (AvgIpc) is 2.63. The van der Waals surface area contributed by atoms with Gasteiger partial charge < -0.3 is 15.5 Å². The van der Waals surface area contributed by atoms with Gasteiger partial charge in [-0.3, -0.25) is 19.4 Å². The molecule has 2 aromatic rings. The Bertz CT molecular complexity index is 792. The number of piperidine rings is 1. The highest BCUT2D eigenvalue weighted by Gasteiger charge is 2.20. The lowest BCUT2D eigenvalue weighted by Crippen LogP contribution is -2.35. The van der Waals surface area contributed by atoms with E-state index in [4.69, 9.17) is 0 Å². The second-order valence-corrected chi connectivity index (χ2v) is 5.70.